The maximum atomic E-state index is 12.4. The third-order valence-corrected chi connectivity index (χ3v) is 4.21. The monoisotopic (exact) mass is 377 g/mol. The first-order valence-corrected chi connectivity index (χ1v) is 8.75. The van der Waals surface area contributed by atoms with Crippen LogP contribution in [0, 0.1) is 32.1 Å². The highest BCUT2D eigenvalue weighted by molar-refractivity contribution is 6.07. The van der Waals surface area contributed by atoms with Crippen LogP contribution in [0.25, 0.3) is 0 Å². The van der Waals surface area contributed by atoms with Crippen molar-refractivity contribution in [2.75, 3.05) is 12.4 Å². The number of nitrogens with one attached hydrogen (secondary N) is 2. The average Bonchev–Trinajstić information content (AvgIpc) is 2.67. The van der Waals surface area contributed by atoms with Gasteiger partial charge in [-0.3, -0.25) is 4.79 Å². The minimum Gasteiger partial charge on any atom is -0.465 e. The number of esters is 1. The van der Waals surface area contributed by atoms with Gasteiger partial charge in [-0.25, -0.2) is 4.79 Å². The Bertz CT molecular complexity index is 931. The fourth-order valence-corrected chi connectivity index (χ4v) is 2.85. The predicted molar refractivity (Wildman–Crippen MR) is 108 cm³/mol. The molecule has 2 rings (SSSR count). The van der Waals surface area contributed by atoms with Crippen molar-refractivity contribution in [2.24, 2.45) is 0 Å². The summed E-state index contributed by atoms with van der Waals surface area (Å²) in [5, 5.41) is 15.1. The number of nitrogens with zero attached hydrogens (tertiary/aromatic N) is 1. The molecule has 6 heteroatoms. The fourth-order valence-electron chi connectivity index (χ4n) is 2.85. The molecular weight excluding hydrogens is 354 g/mol. The number of amides is 1. The van der Waals surface area contributed by atoms with E-state index in [0.29, 0.717) is 12.1 Å². The largest absolute Gasteiger partial charge is 0.465 e. The van der Waals surface area contributed by atoms with Crippen molar-refractivity contribution in [3.8, 4) is 6.07 Å². The minimum atomic E-state index is -0.467. The maximum Gasteiger partial charge on any atom is 0.337 e. The number of benzene rings is 2. The Labute approximate surface area is 164 Å². The molecule has 0 spiro atoms. The Balaban J connectivity index is 2.03. The molecule has 0 aliphatic heterocycles. The highest BCUT2D eigenvalue weighted by atomic mass is 16.5. The number of aryl methyl sites for hydroxylation is 3. The molecule has 6 nitrogen and oxygen atoms in total. The molecule has 0 atom stereocenters. The first kappa shape index (κ1) is 20.7. The zero-order valence-electron chi connectivity index (χ0n) is 16.4. The first-order valence-electron chi connectivity index (χ1n) is 8.75. The van der Waals surface area contributed by atoms with Gasteiger partial charge >= 0.3 is 5.97 Å². The quantitative estimate of drug-likeness (QED) is 0.456. The molecule has 0 aliphatic carbocycles. The summed E-state index contributed by atoms with van der Waals surface area (Å²) in [6.45, 7) is 6.24. The summed E-state index contributed by atoms with van der Waals surface area (Å²) in [5.41, 5.74) is 5.06. The lowest BCUT2D eigenvalue weighted by atomic mass is 10.0. The molecule has 0 saturated heterocycles. The third kappa shape index (κ3) is 5.21. The standard InChI is InChI=1S/C22H23N3O3/c1-14-9-15(2)20(16(3)10-14)25-21(26)19(11-23)13-24-12-17-5-7-18(8-6-17)22(27)28-4/h5-10,13,24H,12H2,1-4H3,(H,25,26)/b19-13-. The molecule has 0 radical (unpaired) electrons. The molecule has 2 aromatic rings. The highest BCUT2D eigenvalue weighted by Crippen LogP contribution is 2.22. The fraction of sp³-hybridized carbons (Fsp3) is 0.227. The Hall–Kier alpha value is -3.59. The van der Waals surface area contributed by atoms with Crippen LogP contribution in [0.3, 0.4) is 0 Å². The molecule has 0 saturated carbocycles. The van der Waals surface area contributed by atoms with E-state index in [4.69, 9.17) is 0 Å². The summed E-state index contributed by atoms with van der Waals surface area (Å²) in [6.07, 6.45) is 1.39. The molecule has 0 aromatic heterocycles. The second kappa shape index (κ2) is 9.38. The van der Waals surface area contributed by atoms with E-state index in [-0.39, 0.29) is 5.57 Å². The number of hydrogen-bond acceptors (Lipinski definition) is 5. The van der Waals surface area contributed by atoms with Gasteiger partial charge in [0.05, 0.1) is 12.7 Å². The lowest BCUT2D eigenvalue weighted by Crippen LogP contribution is -2.18. The molecule has 2 N–H and O–H groups in total. The van der Waals surface area contributed by atoms with E-state index in [9.17, 15) is 14.9 Å². The second-order valence-corrected chi connectivity index (χ2v) is 6.47. The molecule has 0 fully saturated rings. The van der Waals surface area contributed by atoms with Gasteiger partial charge in [-0.05, 0) is 49.6 Å². The van der Waals surface area contributed by atoms with E-state index in [1.807, 2.05) is 39.0 Å². The Morgan fingerprint density at radius 2 is 1.71 bits per heavy atom. The van der Waals surface area contributed by atoms with Crippen molar-refractivity contribution in [3.63, 3.8) is 0 Å². The van der Waals surface area contributed by atoms with Crippen molar-refractivity contribution in [2.45, 2.75) is 27.3 Å². The van der Waals surface area contributed by atoms with Crippen LogP contribution in [-0.2, 0) is 16.1 Å². The Morgan fingerprint density at radius 1 is 1.11 bits per heavy atom. The van der Waals surface area contributed by atoms with E-state index in [2.05, 4.69) is 15.4 Å². The number of hydrogen-bond donors (Lipinski definition) is 2. The van der Waals surface area contributed by atoms with Gasteiger partial charge in [-0.1, -0.05) is 29.8 Å². The molecule has 28 heavy (non-hydrogen) atoms. The third-order valence-electron chi connectivity index (χ3n) is 4.21. The van der Waals surface area contributed by atoms with Crippen LogP contribution in [0.4, 0.5) is 5.69 Å². The van der Waals surface area contributed by atoms with E-state index >= 15 is 0 Å². The van der Waals surface area contributed by atoms with Crippen LogP contribution in [0.2, 0.25) is 0 Å². The Morgan fingerprint density at radius 3 is 2.25 bits per heavy atom. The van der Waals surface area contributed by atoms with E-state index in [1.54, 1.807) is 24.3 Å². The smallest absolute Gasteiger partial charge is 0.337 e. The van der Waals surface area contributed by atoms with Crippen molar-refractivity contribution >= 4 is 17.6 Å². The summed E-state index contributed by atoms with van der Waals surface area (Å²) >= 11 is 0. The van der Waals surface area contributed by atoms with Crippen molar-refractivity contribution in [1.29, 1.82) is 5.26 Å². The van der Waals surface area contributed by atoms with E-state index in [1.165, 1.54) is 13.3 Å². The van der Waals surface area contributed by atoms with Crippen LogP contribution in [0.15, 0.2) is 48.2 Å². The molecule has 0 bridgehead atoms. The van der Waals surface area contributed by atoms with Gasteiger partial charge < -0.3 is 15.4 Å². The number of ether oxygens (including phenoxy) is 1. The normalized spacial score (nSPS) is 10.8. The van der Waals surface area contributed by atoms with Crippen molar-refractivity contribution in [1.82, 2.24) is 5.32 Å². The Kier molecular flexibility index (Phi) is 6.94. The number of rotatable bonds is 6. The zero-order valence-corrected chi connectivity index (χ0v) is 16.4. The summed E-state index contributed by atoms with van der Waals surface area (Å²) in [4.78, 5) is 23.9. The van der Waals surface area contributed by atoms with E-state index < -0.39 is 11.9 Å². The zero-order chi connectivity index (χ0) is 20.7. The molecular formula is C22H23N3O3. The summed E-state index contributed by atoms with van der Waals surface area (Å²) in [6, 6.07) is 12.7. The molecule has 0 heterocycles. The number of anilines is 1. The number of carbonyl (C=O) groups excluding carboxylic acids is 2. The summed E-state index contributed by atoms with van der Waals surface area (Å²) < 4.78 is 4.66. The number of carbonyl (C=O) groups is 2. The maximum absolute atomic E-state index is 12.4. The van der Waals surface area contributed by atoms with Crippen molar-refractivity contribution < 1.29 is 14.3 Å². The first-order chi connectivity index (χ1) is 13.3. The minimum absolute atomic E-state index is 0.0226. The lowest BCUT2D eigenvalue weighted by molar-refractivity contribution is -0.112. The summed E-state index contributed by atoms with van der Waals surface area (Å²) in [5.74, 6) is -0.865. The molecule has 1 amide bonds. The summed E-state index contributed by atoms with van der Waals surface area (Å²) in [7, 11) is 1.33. The molecule has 2 aromatic carbocycles. The van der Waals surface area contributed by atoms with Gasteiger partial charge in [-0.15, -0.1) is 0 Å². The van der Waals surface area contributed by atoms with Gasteiger partial charge in [0, 0.05) is 18.4 Å². The topological polar surface area (TPSA) is 91.2 Å². The van der Waals surface area contributed by atoms with Gasteiger partial charge in [0.25, 0.3) is 5.91 Å². The van der Waals surface area contributed by atoms with Crippen molar-refractivity contribution in [3.05, 3.63) is 76.0 Å². The second-order valence-electron chi connectivity index (χ2n) is 6.47. The van der Waals surface area contributed by atoms with Crippen LogP contribution in [-0.4, -0.2) is 19.0 Å². The molecule has 0 unspecified atom stereocenters. The number of nitriles is 1. The van der Waals surface area contributed by atoms with E-state index in [0.717, 1.165) is 27.9 Å². The van der Waals surface area contributed by atoms with Gasteiger partial charge in [0.15, 0.2) is 0 Å². The number of methoxy groups -OCH3 is 1. The van der Waals surface area contributed by atoms with Crippen LogP contribution < -0.4 is 10.6 Å². The lowest BCUT2D eigenvalue weighted by Gasteiger charge is -2.12. The highest BCUT2D eigenvalue weighted by Gasteiger charge is 2.12. The van der Waals surface area contributed by atoms with Crippen LogP contribution in [0.5, 0.6) is 0 Å². The predicted octanol–water partition coefficient (Wildman–Crippen LogP) is 3.53. The van der Waals surface area contributed by atoms with Crippen LogP contribution >= 0.6 is 0 Å². The molecule has 0 aliphatic rings. The van der Waals surface area contributed by atoms with Crippen LogP contribution in [0.1, 0.15) is 32.6 Å². The van der Waals surface area contributed by atoms with Gasteiger partial charge in [0.2, 0.25) is 0 Å². The van der Waals surface area contributed by atoms with Gasteiger partial charge in [0.1, 0.15) is 11.6 Å². The SMILES string of the molecule is COC(=O)c1ccc(CN/C=C(/C#N)C(=O)Nc2c(C)cc(C)cc2C)cc1. The average molecular weight is 377 g/mol. The van der Waals surface area contributed by atoms with Gasteiger partial charge in [-0.2, -0.15) is 5.26 Å². The molecule has 144 valence electrons.